The third kappa shape index (κ3) is 6.08. The summed E-state index contributed by atoms with van der Waals surface area (Å²) in [7, 11) is 1.48. The lowest BCUT2D eigenvalue weighted by Crippen LogP contribution is -2.12. The van der Waals surface area contributed by atoms with E-state index in [2.05, 4.69) is 0 Å². The molecule has 196 valence electrons. The highest BCUT2D eigenvalue weighted by Gasteiger charge is 2.24. The first kappa shape index (κ1) is 27.7. The molecule has 3 aromatic rings. The first-order valence-electron chi connectivity index (χ1n) is 12.4. The molecule has 0 saturated heterocycles. The maximum Gasteiger partial charge on any atom is 0.200 e. The van der Waals surface area contributed by atoms with E-state index in [0.29, 0.717) is 16.9 Å². The van der Waals surface area contributed by atoms with Crippen LogP contribution in [-0.4, -0.2) is 22.4 Å². The Bertz CT molecular complexity index is 1450. The molecule has 0 amide bonds. The van der Waals surface area contributed by atoms with Gasteiger partial charge in [-0.1, -0.05) is 63.6 Å². The highest BCUT2D eigenvalue weighted by atomic mass is 16.5. The Morgan fingerprint density at radius 2 is 1.62 bits per heavy atom. The number of aromatic hydroxyl groups is 3. The fourth-order valence-corrected chi connectivity index (χ4v) is 3.90. The number of methoxy groups -OCH3 is 1. The molecule has 6 heteroatoms. The number of phenols is 3. The van der Waals surface area contributed by atoms with Gasteiger partial charge >= 0.3 is 0 Å². The van der Waals surface area contributed by atoms with Gasteiger partial charge in [-0.15, -0.1) is 0 Å². The molecule has 0 unspecified atom stereocenters. The molecule has 0 saturated carbocycles. The van der Waals surface area contributed by atoms with Crippen LogP contribution in [0.1, 0.15) is 58.2 Å². The fourth-order valence-electron chi connectivity index (χ4n) is 3.90. The molecular weight excluding hydrogens is 468 g/mol. The highest BCUT2D eigenvalue weighted by molar-refractivity contribution is 5.92. The van der Waals surface area contributed by atoms with Crippen molar-refractivity contribution in [2.45, 2.75) is 48.0 Å². The molecule has 3 N–H and O–H groups in total. The van der Waals surface area contributed by atoms with E-state index in [0.717, 1.165) is 5.57 Å². The van der Waals surface area contributed by atoms with E-state index in [1.165, 1.54) is 13.2 Å². The van der Waals surface area contributed by atoms with Crippen LogP contribution in [-0.2, 0) is 6.42 Å². The van der Waals surface area contributed by atoms with Gasteiger partial charge in [-0.25, -0.2) is 0 Å². The van der Waals surface area contributed by atoms with E-state index in [4.69, 9.17) is 9.15 Å². The average Bonchev–Trinajstić information content (AvgIpc) is 2.81. The number of fused-ring (bicyclic) bond motifs is 1. The van der Waals surface area contributed by atoms with Crippen molar-refractivity contribution < 1.29 is 24.5 Å². The summed E-state index contributed by atoms with van der Waals surface area (Å²) in [5.74, 6) is 0.449. The summed E-state index contributed by atoms with van der Waals surface area (Å²) in [6.07, 6.45) is 9.45. The molecule has 3 rings (SSSR count). The maximum atomic E-state index is 13.9. The monoisotopic (exact) mass is 504 g/mol. The minimum Gasteiger partial charge on any atom is -0.507 e. The van der Waals surface area contributed by atoms with Gasteiger partial charge in [0, 0.05) is 23.3 Å². The van der Waals surface area contributed by atoms with Gasteiger partial charge in [-0.3, -0.25) is 4.79 Å². The van der Waals surface area contributed by atoms with Crippen molar-refractivity contribution >= 4 is 23.1 Å². The van der Waals surface area contributed by atoms with Crippen molar-refractivity contribution in [1.29, 1.82) is 0 Å². The molecule has 0 aliphatic carbocycles. The summed E-state index contributed by atoms with van der Waals surface area (Å²) in [4.78, 5) is 13.9. The lowest BCUT2D eigenvalue weighted by Gasteiger charge is -2.15. The fraction of sp³-hybridized carbons (Fsp3) is 0.323. The lowest BCUT2D eigenvalue weighted by molar-refractivity contribution is 0.406. The van der Waals surface area contributed by atoms with Gasteiger partial charge in [-0.05, 0) is 38.2 Å². The Morgan fingerprint density at radius 1 is 0.973 bits per heavy atom. The Morgan fingerprint density at radius 3 is 2.22 bits per heavy atom. The normalized spacial score (nSPS) is 11.9. The van der Waals surface area contributed by atoms with Crippen molar-refractivity contribution in [2.24, 2.45) is 11.8 Å². The Kier molecular flexibility index (Phi) is 8.53. The maximum absolute atomic E-state index is 13.9. The SMILES string of the molecule is COc1cc2oc(-c3cc(/C=C/C(C)C)c(O)cc3O)c(CC=C(C)C)c(=O)c2c(O)c1/C=C/C(C)C. The first-order valence-corrected chi connectivity index (χ1v) is 12.4. The zero-order valence-electron chi connectivity index (χ0n) is 22.5. The summed E-state index contributed by atoms with van der Waals surface area (Å²) < 4.78 is 11.7. The highest BCUT2D eigenvalue weighted by Crippen LogP contribution is 2.41. The second kappa shape index (κ2) is 11.4. The van der Waals surface area contributed by atoms with Gasteiger partial charge in [0.15, 0.2) is 0 Å². The molecule has 0 bridgehead atoms. The topological polar surface area (TPSA) is 100 Å². The van der Waals surface area contributed by atoms with Crippen LogP contribution in [0.3, 0.4) is 0 Å². The summed E-state index contributed by atoms with van der Waals surface area (Å²) in [5, 5.41) is 32.4. The molecular formula is C31H36O6. The van der Waals surface area contributed by atoms with Gasteiger partial charge in [0.2, 0.25) is 5.43 Å². The minimum absolute atomic E-state index is 0.0447. The van der Waals surface area contributed by atoms with E-state index < -0.39 is 5.43 Å². The number of hydrogen-bond donors (Lipinski definition) is 3. The summed E-state index contributed by atoms with van der Waals surface area (Å²) in [6.45, 7) is 11.9. The van der Waals surface area contributed by atoms with E-state index in [9.17, 15) is 20.1 Å². The van der Waals surface area contributed by atoms with Crippen LogP contribution in [0.15, 0.2) is 51.2 Å². The zero-order valence-corrected chi connectivity index (χ0v) is 22.5. The largest absolute Gasteiger partial charge is 0.507 e. The van der Waals surface area contributed by atoms with Crippen molar-refractivity contribution in [3.05, 3.63) is 68.9 Å². The smallest absolute Gasteiger partial charge is 0.200 e. The molecule has 6 nitrogen and oxygen atoms in total. The third-order valence-electron chi connectivity index (χ3n) is 5.89. The van der Waals surface area contributed by atoms with Gasteiger partial charge in [0.05, 0.1) is 18.2 Å². The zero-order chi connectivity index (χ0) is 27.4. The second-order valence-electron chi connectivity index (χ2n) is 10.1. The molecule has 1 aromatic heterocycles. The summed E-state index contributed by atoms with van der Waals surface area (Å²) in [5.41, 5.74) is 2.15. The number of rotatable bonds is 8. The van der Waals surface area contributed by atoms with Gasteiger partial charge in [-0.2, -0.15) is 0 Å². The van der Waals surface area contributed by atoms with Crippen LogP contribution in [0.4, 0.5) is 0 Å². The number of hydrogen-bond acceptors (Lipinski definition) is 6. The van der Waals surface area contributed by atoms with Crippen LogP contribution < -0.4 is 10.2 Å². The Balaban J connectivity index is 2.42. The van der Waals surface area contributed by atoms with Crippen molar-refractivity contribution in [3.63, 3.8) is 0 Å². The van der Waals surface area contributed by atoms with Crippen LogP contribution in [0.5, 0.6) is 23.0 Å². The molecule has 0 atom stereocenters. The molecule has 0 spiro atoms. The van der Waals surface area contributed by atoms with Crippen LogP contribution >= 0.6 is 0 Å². The Labute approximate surface area is 217 Å². The van der Waals surface area contributed by atoms with Crippen LogP contribution in [0.25, 0.3) is 34.4 Å². The quantitative estimate of drug-likeness (QED) is 0.276. The minimum atomic E-state index is -0.403. The molecule has 0 aliphatic heterocycles. The van der Waals surface area contributed by atoms with Crippen molar-refractivity contribution in [3.8, 4) is 34.3 Å². The molecule has 37 heavy (non-hydrogen) atoms. The van der Waals surface area contributed by atoms with Crippen LogP contribution in [0.2, 0.25) is 0 Å². The van der Waals surface area contributed by atoms with Gasteiger partial charge in [0.25, 0.3) is 0 Å². The van der Waals surface area contributed by atoms with E-state index in [-0.39, 0.29) is 63.4 Å². The summed E-state index contributed by atoms with van der Waals surface area (Å²) >= 11 is 0. The van der Waals surface area contributed by atoms with E-state index >= 15 is 0 Å². The number of allylic oxidation sites excluding steroid dienone is 4. The number of ether oxygens (including phenoxy) is 1. The first-order chi connectivity index (χ1) is 17.4. The summed E-state index contributed by atoms with van der Waals surface area (Å²) in [6, 6.07) is 4.40. The number of benzene rings is 2. The Hall–Kier alpha value is -3.93. The molecule has 0 fully saturated rings. The molecule has 2 aromatic carbocycles. The molecule has 0 aliphatic rings. The van der Waals surface area contributed by atoms with Crippen molar-refractivity contribution in [1.82, 2.24) is 0 Å². The van der Waals surface area contributed by atoms with Gasteiger partial charge < -0.3 is 24.5 Å². The van der Waals surface area contributed by atoms with Gasteiger partial charge in [0.1, 0.15) is 39.7 Å². The third-order valence-corrected chi connectivity index (χ3v) is 5.89. The predicted molar refractivity (Wildman–Crippen MR) is 150 cm³/mol. The number of phenolic OH excluding ortho intramolecular Hbond substituents is 3. The van der Waals surface area contributed by atoms with Crippen LogP contribution in [0, 0.1) is 11.8 Å². The van der Waals surface area contributed by atoms with E-state index in [1.807, 2.05) is 59.8 Å². The molecule has 1 heterocycles. The predicted octanol–water partition coefficient (Wildman–Crippen LogP) is 7.43. The average molecular weight is 505 g/mol. The standard InChI is InChI=1S/C31H36O6/c1-17(2)8-11-20-14-23(25(33)15-24(20)32)31-22(13-10-19(5)6)30(35)28-27(37-31)16-26(36-7)21(29(28)34)12-9-18(3)4/h8-12,14-18,32-34H,13H2,1-7H3/b11-8+,12-9+. The van der Waals surface area contributed by atoms with Crippen molar-refractivity contribution in [2.75, 3.05) is 7.11 Å². The second-order valence-corrected chi connectivity index (χ2v) is 10.1. The molecule has 0 radical (unpaired) electrons. The lowest BCUT2D eigenvalue weighted by atomic mass is 9.97. The van der Waals surface area contributed by atoms with E-state index in [1.54, 1.807) is 24.3 Å².